The number of benzene rings is 3. The van der Waals surface area contributed by atoms with Crippen molar-refractivity contribution in [1.82, 2.24) is 39.4 Å². The van der Waals surface area contributed by atoms with E-state index in [2.05, 4.69) is 22.4 Å². The van der Waals surface area contributed by atoms with Crippen LogP contribution in [0, 0.1) is 25.7 Å². The summed E-state index contributed by atoms with van der Waals surface area (Å²) in [6.45, 7) is 11.1. The van der Waals surface area contributed by atoms with Crippen LogP contribution < -0.4 is 38.5 Å². The van der Waals surface area contributed by atoms with E-state index in [1.807, 2.05) is 118 Å². The molecule has 17 nitrogen and oxygen atoms in total. The van der Waals surface area contributed by atoms with E-state index in [4.69, 9.17) is 43.1 Å². The zero-order chi connectivity index (χ0) is 48.2. The maximum absolute atomic E-state index is 13.0. The highest BCUT2D eigenvalue weighted by atomic mass is 16.5. The van der Waals surface area contributed by atoms with Crippen LogP contribution in [0.1, 0.15) is 56.6 Å². The molecule has 4 aromatic heterocycles. The average Bonchev–Trinajstić information content (AvgIpc) is 4.16. The van der Waals surface area contributed by atoms with Crippen LogP contribution in [-0.4, -0.2) is 107 Å². The van der Waals surface area contributed by atoms with Crippen molar-refractivity contribution in [2.75, 3.05) is 48.6 Å². The quantitative estimate of drug-likeness (QED) is 0.106. The number of aryl methyl sites for hydroxylation is 2. The summed E-state index contributed by atoms with van der Waals surface area (Å²) in [5, 5.41) is 12.0. The molecule has 0 saturated carbocycles. The van der Waals surface area contributed by atoms with Gasteiger partial charge in [-0.15, -0.1) is 0 Å². The van der Waals surface area contributed by atoms with Crippen LogP contribution in [0.2, 0.25) is 0 Å². The largest absolute Gasteiger partial charge is 0.497 e. The molecule has 0 spiro atoms. The van der Waals surface area contributed by atoms with E-state index in [0.717, 1.165) is 44.9 Å². The maximum Gasteiger partial charge on any atom is 0.240 e. The minimum Gasteiger partial charge on any atom is -0.497 e. The van der Waals surface area contributed by atoms with Crippen molar-refractivity contribution in [1.29, 1.82) is 0 Å². The summed E-state index contributed by atoms with van der Waals surface area (Å²) in [6.07, 6.45) is 4.21. The van der Waals surface area contributed by atoms with Crippen LogP contribution in [0.5, 0.6) is 40.5 Å². The highest BCUT2D eigenvalue weighted by molar-refractivity contribution is 5.79. The van der Waals surface area contributed by atoms with E-state index in [1.165, 1.54) is 0 Å². The molecule has 7 aromatic rings. The molecule has 68 heavy (non-hydrogen) atoms. The third-order valence-electron chi connectivity index (χ3n) is 12.6. The molecule has 0 radical (unpaired) electrons. The van der Waals surface area contributed by atoms with Gasteiger partial charge in [-0.05, 0) is 101 Å². The topological polar surface area (TPSA) is 174 Å². The number of hydrogen-bond acceptors (Lipinski definition) is 13. The van der Waals surface area contributed by atoms with E-state index in [9.17, 15) is 9.59 Å². The summed E-state index contributed by atoms with van der Waals surface area (Å²) in [5.74, 6) is 4.59. The number of hydrogen-bond donors (Lipinski definition) is 1. The van der Waals surface area contributed by atoms with Gasteiger partial charge in [-0.2, -0.15) is 10.2 Å². The van der Waals surface area contributed by atoms with Gasteiger partial charge < -0.3 is 43.4 Å². The highest BCUT2D eigenvalue weighted by Crippen LogP contribution is 2.37. The lowest BCUT2D eigenvalue weighted by atomic mass is 10.0. The first-order valence-corrected chi connectivity index (χ1v) is 22.5. The number of carbonyl (C=O) groups excluding carboxylic acids is 2. The first-order valence-electron chi connectivity index (χ1n) is 22.5. The van der Waals surface area contributed by atoms with E-state index in [1.54, 1.807) is 44.6 Å². The Morgan fingerprint density at radius 2 is 1.10 bits per heavy atom. The SMILES string of the molecule is COc1ccc(-c2cn3nc(C)cc3c(O[C@H](C)[C@H]3CNC(=O)C3)n2)cc1OC.COc1ccc([C@@H](C)N2C[C@H]([C@@H](C)Oc3nc(-c4ccc(OC)c(OC)c4)cn4nc(C)cc34)CC2=O)cc1. The molecule has 2 fully saturated rings. The van der Waals surface area contributed by atoms with Crippen molar-refractivity contribution in [2.24, 2.45) is 11.8 Å². The van der Waals surface area contributed by atoms with Gasteiger partial charge in [0.1, 0.15) is 29.0 Å². The number of likely N-dealkylation sites (tertiary alicyclic amines) is 1. The Kier molecular flexibility index (Phi) is 13.9. The lowest BCUT2D eigenvalue weighted by Gasteiger charge is -2.26. The summed E-state index contributed by atoms with van der Waals surface area (Å²) in [4.78, 5) is 36.2. The molecule has 1 N–H and O–H groups in total. The van der Waals surface area contributed by atoms with Gasteiger partial charge in [-0.1, -0.05) is 12.1 Å². The van der Waals surface area contributed by atoms with Gasteiger partial charge in [0.05, 0.1) is 76.8 Å². The van der Waals surface area contributed by atoms with Gasteiger partial charge in [0, 0.05) is 48.9 Å². The second kappa shape index (κ2) is 20.1. The van der Waals surface area contributed by atoms with Gasteiger partial charge in [0.25, 0.3) is 0 Å². The van der Waals surface area contributed by atoms with Crippen molar-refractivity contribution >= 4 is 22.8 Å². The van der Waals surface area contributed by atoms with Crippen LogP contribution in [0.3, 0.4) is 0 Å². The summed E-state index contributed by atoms with van der Waals surface area (Å²) in [5.41, 5.74) is 7.44. The molecule has 9 rings (SSSR count). The van der Waals surface area contributed by atoms with Crippen molar-refractivity contribution in [3.05, 3.63) is 102 Å². The molecule has 6 heterocycles. The van der Waals surface area contributed by atoms with Crippen LogP contribution in [-0.2, 0) is 9.59 Å². The van der Waals surface area contributed by atoms with Crippen molar-refractivity contribution in [3.63, 3.8) is 0 Å². The Labute approximate surface area is 395 Å². The standard InChI is InChI=1S/C30H34N4O5.C21H24N4O4/c1-18-13-26-30(31-25(17-34(26)32-18)22-9-12-27(37-5)28(14-22)38-6)39-20(3)23-15-29(35)33(16-23)19(2)21-7-10-24(36-4)11-8-21;1-12-7-17-21(29-13(2)15-9-20(26)22-10-15)23-16(11-25(17)24-12)14-5-6-18(27-3)19(8-14)28-4/h7-14,17,19-20,23H,15-16H2,1-6H3;5-8,11,13,15H,9-10H2,1-4H3,(H,22,26)/t19-,20-,23-;13-,15-/m11/s1. The molecule has 2 aliphatic heterocycles. The smallest absolute Gasteiger partial charge is 0.240 e. The van der Waals surface area contributed by atoms with Crippen molar-refractivity contribution < 1.29 is 42.7 Å². The zero-order valence-electron chi connectivity index (χ0n) is 40.1. The molecule has 0 bridgehead atoms. The predicted octanol–water partition coefficient (Wildman–Crippen LogP) is 7.73. The first-order chi connectivity index (χ1) is 32.8. The number of nitrogens with zero attached hydrogens (tertiary/aromatic N) is 7. The molecule has 0 unspecified atom stereocenters. The Morgan fingerprint density at radius 3 is 1.56 bits per heavy atom. The third-order valence-corrected chi connectivity index (χ3v) is 12.6. The summed E-state index contributed by atoms with van der Waals surface area (Å²) in [6, 6.07) is 23.0. The predicted molar refractivity (Wildman–Crippen MR) is 255 cm³/mol. The number of nitrogens with one attached hydrogen (secondary N) is 1. The van der Waals surface area contributed by atoms with Crippen LogP contribution in [0.15, 0.2) is 85.2 Å². The summed E-state index contributed by atoms with van der Waals surface area (Å²) < 4.78 is 43.1. The van der Waals surface area contributed by atoms with Gasteiger partial charge in [0.2, 0.25) is 23.6 Å². The second-order valence-electron chi connectivity index (χ2n) is 17.1. The van der Waals surface area contributed by atoms with E-state index in [0.29, 0.717) is 72.1 Å². The van der Waals surface area contributed by atoms with Crippen LogP contribution >= 0.6 is 0 Å². The Balaban J connectivity index is 0.000000192. The monoisotopic (exact) mass is 926 g/mol. The molecule has 2 aliphatic rings. The Morgan fingerprint density at radius 1 is 0.603 bits per heavy atom. The molecular weight excluding hydrogens is 869 g/mol. The number of carbonyl (C=O) groups is 2. The first kappa shape index (κ1) is 47.0. The highest BCUT2D eigenvalue weighted by Gasteiger charge is 2.37. The Bertz CT molecular complexity index is 2930. The van der Waals surface area contributed by atoms with Gasteiger partial charge in [-0.25, -0.2) is 19.0 Å². The van der Waals surface area contributed by atoms with E-state index < -0.39 is 0 Å². The normalized spacial score (nSPS) is 17.0. The lowest BCUT2D eigenvalue weighted by Crippen LogP contribution is -2.31. The van der Waals surface area contributed by atoms with Gasteiger partial charge in [-0.3, -0.25) is 9.59 Å². The minimum absolute atomic E-state index is 0.0220. The molecule has 2 saturated heterocycles. The second-order valence-corrected chi connectivity index (χ2v) is 17.1. The number of methoxy groups -OCH3 is 5. The molecule has 5 atom stereocenters. The average molecular weight is 927 g/mol. The van der Waals surface area contributed by atoms with Crippen molar-refractivity contribution in [2.45, 2.75) is 65.7 Å². The summed E-state index contributed by atoms with van der Waals surface area (Å²) >= 11 is 0. The molecular formula is C51H58N8O9. The maximum atomic E-state index is 13.0. The molecule has 2 amide bonds. The van der Waals surface area contributed by atoms with E-state index >= 15 is 0 Å². The fourth-order valence-electron chi connectivity index (χ4n) is 8.63. The molecule has 356 valence electrons. The number of rotatable bonds is 15. The number of aromatic nitrogens is 6. The van der Waals surface area contributed by atoms with Crippen LogP contribution in [0.4, 0.5) is 0 Å². The number of fused-ring (bicyclic) bond motifs is 2. The lowest BCUT2D eigenvalue weighted by molar-refractivity contribution is -0.129. The van der Waals surface area contributed by atoms with Gasteiger partial charge >= 0.3 is 0 Å². The molecule has 17 heteroatoms. The fourth-order valence-corrected chi connectivity index (χ4v) is 8.63. The molecule has 3 aromatic carbocycles. The van der Waals surface area contributed by atoms with Crippen LogP contribution in [0.25, 0.3) is 33.5 Å². The van der Waals surface area contributed by atoms with E-state index in [-0.39, 0.29) is 41.9 Å². The summed E-state index contributed by atoms with van der Waals surface area (Å²) in [7, 11) is 8.06. The van der Waals surface area contributed by atoms with Crippen molar-refractivity contribution in [3.8, 4) is 63.0 Å². The molecule has 0 aliphatic carbocycles. The van der Waals surface area contributed by atoms with Gasteiger partial charge in [0.15, 0.2) is 23.0 Å². The third kappa shape index (κ3) is 9.92. The Hall–Kier alpha value is -7.56. The fraction of sp³-hybridized carbons (Fsp3) is 0.373. The number of ether oxygens (including phenoxy) is 7. The number of amides is 2. The minimum atomic E-state index is -0.242. The zero-order valence-corrected chi connectivity index (χ0v) is 40.1.